The van der Waals surface area contributed by atoms with E-state index in [1.807, 2.05) is 6.07 Å². The van der Waals surface area contributed by atoms with Gasteiger partial charge < -0.3 is 14.8 Å². The van der Waals surface area contributed by atoms with E-state index in [9.17, 15) is 9.59 Å². The number of aromatic carboxylic acids is 1. The lowest BCUT2D eigenvalue weighted by atomic mass is 9.87. The highest BCUT2D eigenvalue weighted by Crippen LogP contribution is 2.37. The summed E-state index contributed by atoms with van der Waals surface area (Å²) in [7, 11) is 0. The van der Waals surface area contributed by atoms with Gasteiger partial charge in [0.05, 0.1) is 18.0 Å². The van der Waals surface area contributed by atoms with Crippen molar-refractivity contribution in [2.75, 3.05) is 5.32 Å². The molecule has 2 N–H and O–H groups in total. The number of nitrogens with zero attached hydrogens (tertiary/aromatic N) is 2. The number of carboxylic acid groups (broad SMARTS) is 1. The lowest BCUT2D eigenvalue weighted by Crippen LogP contribution is -2.25. The topological polar surface area (TPSA) is 97.4 Å². The van der Waals surface area contributed by atoms with Gasteiger partial charge in [0, 0.05) is 17.9 Å². The highest BCUT2D eigenvalue weighted by Gasteiger charge is 2.30. The number of carbonyl (C=O) groups excluding carboxylic acids is 1. The molecule has 2 aromatic heterocycles. The predicted molar refractivity (Wildman–Crippen MR) is 88.5 cm³/mol. The Morgan fingerprint density at radius 1 is 1.32 bits per heavy atom. The van der Waals surface area contributed by atoms with Crippen LogP contribution in [0.5, 0.6) is 0 Å². The minimum atomic E-state index is -0.972. The molecule has 1 amide bonds. The van der Waals surface area contributed by atoms with Crippen LogP contribution in [0.4, 0.5) is 5.82 Å². The van der Waals surface area contributed by atoms with Gasteiger partial charge in [0.25, 0.3) is 0 Å². The Balaban J connectivity index is 1.69. The zero-order valence-electron chi connectivity index (χ0n) is 13.2. The molecule has 0 saturated carbocycles. The molecule has 0 radical (unpaired) electrons. The van der Waals surface area contributed by atoms with Gasteiger partial charge in [-0.1, -0.05) is 12.1 Å². The van der Waals surface area contributed by atoms with Gasteiger partial charge in [0.15, 0.2) is 0 Å². The van der Waals surface area contributed by atoms with Crippen LogP contribution < -0.4 is 5.32 Å². The first-order valence-electron chi connectivity index (χ1n) is 7.83. The number of anilines is 1. The van der Waals surface area contributed by atoms with E-state index in [2.05, 4.69) is 10.4 Å². The van der Waals surface area contributed by atoms with Gasteiger partial charge in [-0.2, -0.15) is 5.10 Å². The molecule has 25 heavy (non-hydrogen) atoms. The van der Waals surface area contributed by atoms with Crippen molar-refractivity contribution >= 4 is 17.7 Å². The van der Waals surface area contributed by atoms with Crippen molar-refractivity contribution in [1.29, 1.82) is 0 Å². The molecule has 0 saturated heterocycles. The minimum Gasteiger partial charge on any atom is -0.478 e. The van der Waals surface area contributed by atoms with Crippen LogP contribution in [0.25, 0.3) is 0 Å². The van der Waals surface area contributed by atoms with Crippen molar-refractivity contribution in [3.05, 3.63) is 71.3 Å². The van der Waals surface area contributed by atoms with E-state index in [-0.39, 0.29) is 17.4 Å². The summed E-state index contributed by atoms with van der Waals surface area (Å²) in [5, 5.41) is 16.3. The largest absolute Gasteiger partial charge is 0.478 e. The maximum Gasteiger partial charge on any atom is 0.335 e. The van der Waals surface area contributed by atoms with Gasteiger partial charge >= 0.3 is 5.97 Å². The van der Waals surface area contributed by atoms with Crippen molar-refractivity contribution in [3.8, 4) is 0 Å². The second-order valence-corrected chi connectivity index (χ2v) is 5.92. The number of rotatable bonds is 4. The number of carboxylic acids is 1. The van der Waals surface area contributed by atoms with Crippen LogP contribution in [0, 0.1) is 0 Å². The van der Waals surface area contributed by atoms with Crippen molar-refractivity contribution in [2.45, 2.75) is 18.9 Å². The van der Waals surface area contributed by atoms with Crippen LogP contribution in [0.15, 0.2) is 53.3 Å². The molecule has 0 fully saturated rings. The molecule has 0 unspecified atom stereocenters. The number of furan rings is 1. The van der Waals surface area contributed by atoms with Gasteiger partial charge in [0.2, 0.25) is 5.91 Å². The number of aromatic nitrogens is 2. The highest BCUT2D eigenvalue weighted by molar-refractivity contribution is 5.94. The Morgan fingerprint density at radius 3 is 2.80 bits per heavy atom. The molecular formula is C18H15N3O4. The summed E-state index contributed by atoms with van der Waals surface area (Å²) in [5.74, 6) is 0.172. The fourth-order valence-corrected chi connectivity index (χ4v) is 3.10. The molecule has 4 rings (SSSR count). The Bertz CT molecular complexity index is 926. The SMILES string of the molecule is O=C1C[C@@H](c2ccc(C(=O)O)cc2)c2cnn(Cc3ccco3)c2N1. The summed E-state index contributed by atoms with van der Waals surface area (Å²) >= 11 is 0. The van der Waals surface area contributed by atoms with Crippen LogP contribution in [0.3, 0.4) is 0 Å². The van der Waals surface area contributed by atoms with Gasteiger partial charge in [-0.25, -0.2) is 9.48 Å². The summed E-state index contributed by atoms with van der Waals surface area (Å²) in [6.07, 6.45) is 3.63. The molecule has 0 spiro atoms. The normalized spacial score (nSPS) is 16.3. The average molecular weight is 337 g/mol. The molecule has 3 aromatic rings. The monoisotopic (exact) mass is 337 g/mol. The van der Waals surface area contributed by atoms with Crippen molar-refractivity contribution < 1.29 is 19.1 Å². The Morgan fingerprint density at radius 2 is 2.12 bits per heavy atom. The first-order chi connectivity index (χ1) is 12.1. The number of fused-ring (bicyclic) bond motifs is 1. The molecule has 3 heterocycles. The lowest BCUT2D eigenvalue weighted by Gasteiger charge is -2.23. The first kappa shape index (κ1) is 15.2. The van der Waals surface area contributed by atoms with Crippen molar-refractivity contribution in [3.63, 3.8) is 0 Å². The first-order valence-corrected chi connectivity index (χ1v) is 7.83. The Hall–Kier alpha value is -3.35. The summed E-state index contributed by atoms with van der Waals surface area (Å²) in [6, 6.07) is 10.3. The van der Waals surface area contributed by atoms with Crippen LogP contribution in [0.2, 0.25) is 0 Å². The maximum atomic E-state index is 12.2. The Kier molecular flexibility index (Phi) is 3.61. The van der Waals surface area contributed by atoms with E-state index in [0.29, 0.717) is 18.8 Å². The van der Waals surface area contributed by atoms with Gasteiger partial charge in [-0.05, 0) is 29.8 Å². The second kappa shape index (κ2) is 5.94. The van der Waals surface area contributed by atoms with Gasteiger partial charge in [-0.3, -0.25) is 4.79 Å². The van der Waals surface area contributed by atoms with Crippen LogP contribution in [-0.2, 0) is 11.3 Å². The summed E-state index contributed by atoms with van der Waals surface area (Å²) in [4.78, 5) is 23.2. The standard InChI is InChI=1S/C18H15N3O4/c22-16-8-14(11-3-5-12(6-4-11)18(23)24)15-9-19-21(17(15)20-16)10-13-2-1-7-25-13/h1-7,9,14H,8,10H2,(H,20,22)(H,23,24)/t14-/m0/s1. The van der Waals surface area contributed by atoms with E-state index in [4.69, 9.17) is 9.52 Å². The predicted octanol–water partition coefficient (Wildman–Crippen LogP) is 2.70. The zero-order valence-corrected chi connectivity index (χ0v) is 13.2. The summed E-state index contributed by atoms with van der Waals surface area (Å²) in [6.45, 7) is 0.424. The van der Waals surface area contributed by atoms with Crippen molar-refractivity contribution in [2.24, 2.45) is 0 Å². The van der Waals surface area contributed by atoms with E-state index < -0.39 is 5.97 Å². The summed E-state index contributed by atoms with van der Waals surface area (Å²) in [5.41, 5.74) is 2.02. The zero-order chi connectivity index (χ0) is 17.4. The van der Waals surface area contributed by atoms with E-state index in [1.165, 1.54) is 0 Å². The molecule has 7 nitrogen and oxygen atoms in total. The number of amides is 1. The third kappa shape index (κ3) is 2.80. The third-order valence-electron chi connectivity index (χ3n) is 4.34. The smallest absolute Gasteiger partial charge is 0.335 e. The molecule has 1 atom stereocenters. The van der Waals surface area contributed by atoms with Crippen LogP contribution >= 0.6 is 0 Å². The van der Waals surface area contributed by atoms with Crippen molar-refractivity contribution in [1.82, 2.24) is 9.78 Å². The Labute approximate surface area is 142 Å². The lowest BCUT2D eigenvalue weighted by molar-refractivity contribution is -0.116. The highest BCUT2D eigenvalue weighted by atomic mass is 16.4. The van der Waals surface area contributed by atoms with E-state index >= 15 is 0 Å². The molecule has 1 aliphatic heterocycles. The summed E-state index contributed by atoms with van der Waals surface area (Å²) < 4.78 is 7.04. The van der Waals surface area contributed by atoms with Gasteiger partial charge in [0.1, 0.15) is 18.1 Å². The number of hydrogen-bond donors (Lipinski definition) is 2. The fraction of sp³-hybridized carbons (Fsp3) is 0.167. The molecule has 0 aliphatic carbocycles. The molecule has 1 aliphatic rings. The quantitative estimate of drug-likeness (QED) is 0.763. The second-order valence-electron chi connectivity index (χ2n) is 5.92. The maximum absolute atomic E-state index is 12.2. The molecule has 7 heteroatoms. The average Bonchev–Trinajstić information content (AvgIpc) is 3.25. The molecule has 1 aromatic carbocycles. The molecular weight excluding hydrogens is 322 g/mol. The third-order valence-corrected chi connectivity index (χ3v) is 4.34. The van der Waals surface area contributed by atoms with Crippen LogP contribution in [-0.4, -0.2) is 26.8 Å². The van der Waals surface area contributed by atoms with E-state index in [0.717, 1.165) is 16.9 Å². The van der Waals surface area contributed by atoms with Gasteiger partial charge in [-0.15, -0.1) is 0 Å². The van der Waals surface area contributed by atoms with E-state index in [1.54, 1.807) is 47.5 Å². The molecule has 0 bridgehead atoms. The minimum absolute atomic E-state index is 0.0963. The number of benzene rings is 1. The fourth-order valence-electron chi connectivity index (χ4n) is 3.10. The van der Waals surface area contributed by atoms with Crippen LogP contribution in [0.1, 0.15) is 39.6 Å². The number of nitrogens with one attached hydrogen (secondary N) is 1. The number of carbonyl (C=O) groups is 2. The number of hydrogen-bond acceptors (Lipinski definition) is 4. The molecule has 126 valence electrons.